The van der Waals surface area contributed by atoms with E-state index in [4.69, 9.17) is 4.74 Å². The molecular weight excluding hydrogens is 404 g/mol. The third-order valence-electron chi connectivity index (χ3n) is 7.07. The number of carbonyl (C=O) groups excluding carboxylic acids is 2. The van der Waals surface area contributed by atoms with E-state index in [1.165, 1.54) is 0 Å². The molecule has 4 rings (SSSR count). The zero-order valence-corrected chi connectivity index (χ0v) is 18.9. The Morgan fingerprint density at radius 3 is 2.62 bits per heavy atom. The fourth-order valence-corrected chi connectivity index (χ4v) is 5.22. The Balaban J connectivity index is 1.48. The zero-order chi connectivity index (χ0) is 22.6. The molecule has 170 valence electrons. The highest BCUT2D eigenvalue weighted by Gasteiger charge is 2.53. The molecule has 7 nitrogen and oxygen atoms in total. The molecule has 1 N–H and O–H groups in total. The molecule has 2 aromatic rings. The second kappa shape index (κ2) is 9.69. The van der Waals surface area contributed by atoms with Crippen LogP contribution < -0.4 is 10.1 Å². The predicted molar refractivity (Wildman–Crippen MR) is 123 cm³/mol. The van der Waals surface area contributed by atoms with Crippen molar-refractivity contribution in [2.45, 2.75) is 38.6 Å². The molecule has 2 saturated heterocycles. The van der Waals surface area contributed by atoms with Crippen LogP contribution >= 0.6 is 0 Å². The molecule has 2 fully saturated rings. The molecule has 1 aromatic carbocycles. The van der Waals surface area contributed by atoms with Crippen LogP contribution in [0.2, 0.25) is 0 Å². The zero-order valence-electron chi connectivity index (χ0n) is 18.9. The highest BCUT2D eigenvalue weighted by Crippen LogP contribution is 2.44. The van der Waals surface area contributed by atoms with Crippen LogP contribution in [0.1, 0.15) is 31.7 Å². The van der Waals surface area contributed by atoms with E-state index >= 15 is 0 Å². The number of ether oxygens (including phenoxy) is 1. The van der Waals surface area contributed by atoms with E-state index in [0.717, 1.165) is 42.9 Å². The van der Waals surface area contributed by atoms with Gasteiger partial charge in [-0.05, 0) is 62.2 Å². The van der Waals surface area contributed by atoms with Gasteiger partial charge in [0.2, 0.25) is 11.8 Å². The van der Waals surface area contributed by atoms with E-state index in [2.05, 4.69) is 22.1 Å². The molecule has 2 aliphatic rings. The highest BCUT2D eigenvalue weighted by molar-refractivity contribution is 5.96. The first kappa shape index (κ1) is 22.3. The number of hydrogen-bond acceptors (Lipinski definition) is 5. The molecule has 2 aliphatic heterocycles. The van der Waals surface area contributed by atoms with Gasteiger partial charge in [-0.1, -0.05) is 19.1 Å². The van der Waals surface area contributed by atoms with E-state index < -0.39 is 5.41 Å². The molecule has 0 bridgehead atoms. The van der Waals surface area contributed by atoms with Gasteiger partial charge in [0.1, 0.15) is 5.75 Å². The van der Waals surface area contributed by atoms with E-state index in [1.54, 1.807) is 19.5 Å². The van der Waals surface area contributed by atoms with Crippen LogP contribution in [0.5, 0.6) is 5.75 Å². The third-order valence-corrected chi connectivity index (χ3v) is 7.07. The summed E-state index contributed by atoms with van der Waals surface area (Å²) < 4.78 is 5.20. The smallest absolute Gasteiger partial charge is 0.232 e. The largest absolute Gasteiger partial charge is 0.497 e. The number of fused-ring (bicyclic) bond motifs is 1. The van der Waals surface area contributed by atoms with Crippen molar-refractivity contribution in [3.8, 4) is 5.75 Å². The van der Waals surface area contributed by atoms with Gasteiger partial charge in [0, 0.05) is 25.3 Å². The summed E-state index contributed by atoms with van der Waals surface area (Å²) in [4.78, 5) is 35.1. The number of pyridine rings is 1. The molecule has 0 aliphatic carbocycles. The maximum absolute atomic E-state index is 13.5. The van der Waals surface area contributed by atoms with Crippen LogP contribution in [0.25, 0.3) is 0 Å². The number of aromatic nitrogens is 1. The van der Waals surface area contributed by atoms with Gasteiger partial charge in [0.25, 0.3) is 0 Å². The third kappa shape index (κ3) is 4.48. The minimum atomic E-state index is -0.485. The number of benzene rings is 1. The fourth-order valence-electron chi connectivity index (χ4n) is 5.22. The van der Waals surface area contributed by atoms with Crippen LogP contribution in [-0.2, 0) is 16.0 Å². The molecule has 0 radical (unpaired) electrons. The number of anilines is 1. The Bertz CT molecular complexity index is 934. The van der Waals surface area contributed by atoms with E-state index in [9.17, 15) is 9.59 Å². The lowest BCUT2D eigenvalue weighted by molar-refractivity contribution is -0.131. The number of amides is 2. The standard InChI is InChI=1S/C25H32N4O3/c1-3-28-15-11-25(24(31)27-20-5-4-13-26-18-20)12-16-29(14-10-22(25)28)23(30)17-19-6-8-21(32-2)9-7-19/h4-9,13,18,22H,3,10-12,14-17H2,1-2H3,(H,27,31)/t22-,25-/m0/s1. The maximum atomic E-state index is 13.5. The average molecular weight is 437 g/mol. The minimum absolute atomic E-state index is 0.0518. The van der Waals surface area contributed by atoms with Crippen molar-refractivity contribution in [3.63, 3.8) is 0 Å². The summed E-state index contributed by atoms with van der Waals surface area (Å²) in [5.41, 5.74) is 1.21. The number of nitrogens with zero attached hydrogens (tertiary/aromatic N) is 3. The van der Waals surface area contributed by atoms with Crippen molar-refractivity contribution in [2.24, 2.45) is 5.41 Å². The van der Waals surface area contributed by atoms with Crippen LogP contribution in [0.15, 0.2) is 48.8 Å². The second-order valence-electron chi connectivity index (χ2n) is 8.69. The Kier molecular flexibility index (Phi) is 6.74. The lowest BCUT2D eigenvalue weighted by atomic mass is 9.75. The lowest BCUT2D eigenvalue weighted by Crippen LogP contribution is -2.47. The summed E-state index contributed by atoms with van der Waals surface area (Å²) in [5, 5.41) is 3.10. The maximum Gasteiger partial charge on any atom is 0.232 e. The lowest BCUT2D eigenvalue weighted by Gasteiger charge is -2.35. The molecule has 0 saturated carbocycles. The summed E-state index contributed by atoms with van der Waals surface area (Å²) in [6, 6.07) is 11.5. The fraction of sp³-hybridized carbons (Fsp3) is 0.480. The molecule has 2 amide bonds. The topological polar surface area (TPSA) is 74.8 Å². The number of carbonyl (C=O) groups is 2. The van der Waals surface area contributed by atoms with Crippen molar-refractivity contribution in [1.82, 2.24) is 14.8 Å². The van der Waals surface area contributed by atoms with Gasteiger partial charge >= 0.3 is 0 Å². The quantitative estimate of drug-likeness (QED) is 0.754. The van der Waals surface area contributed by atoms with Gasteiger partial charge in [-0.3, -0.25) is 19.5 Å². The number of nitrogens with one attached hydrogen (secondary N) is 1. The monoisotopic (exact) mass is 436 g/mol. The molecule has 7 heteroatoms. The molecule has 3 heterocycles. The van der Waals surface area contributed by atoms with E-state index in [1.807, 2.05) is 41.3 Å². The van der Waals surface area contributed by atoms with Crippen molar-refractivity contribution in [2.75, 3.05) is 38.6 Å². The molecule has 32 heavy (non-hydrogen) atoms. The number of likely N-dealkylation sites (tertiary alicyclic amines) is 2. The summed E-state index contributed by atoms with van der Waals surface area (Å²) in [7, 11) is 1.63. The summed E-state index contributed by atoms with van der Waals surface area (Å²) in [6.45, 7) is 5.25. The van der Waals surface area contributed by atoms with Crippen LogP contribution in [0.4, 0.5) is 5.69 Å². The number of rotatable bonds is 6. The van der Waals surface area contributed by atoms with Gasteiger partial charge in [0.15, 0.2) is 0 Å². The predicted octanol–water partition coefficient (Wildman–Crippen LogP) is 2.97. The van der Waals surface area contributed by atoms with E-state index in [-0.39, 0.29) is 17.9 Å². The molecule has 0 unspecified atom stereocenters. The summed E-state index contributed by atoms with van der Waals surface area (Å²) in [5.74, 6) is 0.946. The van der Waals surface area contributed by atoms with Crippen LogP contribution in [0.3, 0.4) is 0 Å². The molecule has 1 aromatic heterocycles. The Hall–Kier alpha value is -2.93. The van der Waals surface area contributed by atoms with Crippen molar-refractivity contribution in [3.05, 3.63) is 54.4 Å². The first-order valence-corrected chi connectivity index (χ1v) is 11.4. The highest BCUT2D eigenvalue weighted by atomic mass is 16.5. The first-order valence-electron chi connectivity index (χ1n) is 11.4. The SMILES string of the molecule is CCN1CC[C@]2(C(=O)Nc3cccnc3)CCN(C(=O)Cc3ccc(OC)cc3)CC[C@H]12. The van der Waals surface area contributed by atoms with Gasteiger partial charge in [-0.2, -0.15) is 0 Å². The number of methoxy groups -OCH3 is 1. The Morgan fingerprint density at radius 1 is 1.16 bits per heavy atom. The average Bonchev–Trinajstić information content (AvgIpc) is 3.07. The van der Waals surface area contributed by atoms with Crippen LogP contribution in [-0.4, -0.2) is 65.9 Å². The van der Waals surface area contributed by atoms with E-state index in [0.29, 0.717) is 25.9 Å². The molecule has 0 spiro atoms. The first-order chi connectivity index (χ1) is 15.6. The normalized spacial score (nSPS) is 23.3. The van der Waals surface area contributed by atoms with Gasteiger partial charge in [0.05, 0.1) is 30.8 Å². The van der Waals surface area contributed by atoms with Crippen molar-refractivity contribution < 1.29 is 14.3 Å². The van der Waals surface area contributed by atoms with Gasteiger partial charge < -0.3 is 15.0 Å². The minimum Gasteiger partial charge on any atom is -0.497 e. The van der Waals surface area contributed by atoms with Crippen molar-refractivity contribution >= 4 is 17.5 Å². The number of hydrogen-bond donors (Lipinski definition) is 1. The second-order valence-corrected chi connectivity index (χ2v) is 8.69. The van der Waals surface area contributed by atoms with Gasteiger partial charge in [-0.25, -0.2) is 0 Å². The molecule has 2 atom stereocenters. The summed E-state index contributed by atoms with van der Waals surface area (Å²) in [6.07, 6.45) is 6.04. The van der Waals surface area contributed by atoms with Gasteiger partial charge in [-0.15, -0.1) is 0 Å². The van der Waals surface area contributed by atoms with Crippen LogP contribution in [0, 0.1) is 5.41 Å². The summed E-state index contributed by atoms with van der Waals surface area (Å²) >= 11 is 0. The Morgan fingerprint density at radius 2 is 1.94 bits per heavy atom. The Labute approximate surface area is 189 Å². The molecular formula is C25H32N4O3. The van der Waals surface area contributed by atoms with Crippen molar-refractivity contribution in [1.29, 1.82) is 0 Å².